The lowest BCUT2D eigenvalue weighted by atomic mass is 10.1. The number of carbonyl (C=O) groups is 1. The van der Waals surface area contributed by atoms with Gasteiger partial charge in [-0.3, -0.25) is 9.48 Å². The molecule has 0 radical (unpaired) electrons. The summed E-state index contributed by atoms with van der Waals surface area (Å²) in [7, 11) is -5.43. The number of hydrogen-bond acceptors (Lipinski definition) is 4. The van der Waals surface area contributed by atoms with Crippen molar-refractivity contribution in [1.82, 2.24) is 19.0 Å². The molecule has 3 rings (SSSR count). The Kier molecular flexibility index (Phi) is 3.87. The lowest BCUT2D eigenvalue weighted by Crippen LogP contribution is -2.48. The molecule has 128 valence electrons. The zero-order chi connectivity index (χ0) is 16.8. The first kappa shape index (κ1) is 16.2. The third-order valence-electron chi connectivity index (χ3n) is 4.10. The minimum absolute atomic E-state index is 0.0709. The second kappa shape index (κ2) is 5.48. The van der Waals surface area contributed by atoms with Gasteiger partial charge in [0.05, 0.1) is 24.7 Å². The number of likely N-dealkylation sites (tertiary alicyclic amines) is 1. The molecule has 0 bridgehead atoms. The molecule has 7 nitrogen and oxygen atoms in total. The molecule has 1 saturated heterocycles. The van der Waals surface area contributed by atoms with Crippen LogP contribution in [0.2, 0.25) is 0 Å². The van der Waals surface area contributed by atoms with Gasteiger partial charge >= 0.3 is 15.5 Å². The second-order valence-corrected chi connectivity index (χ2v) is 7.53. The van der Waals surface area contributed by atoms with Crippen LogP contribution in [0.3, 0.4) is 0 Å². The van der Waals surface area contributed by atoms with E-state index in [1.165, 1.54) is 16.9 Å². The first-order valence-electron chi connectivity index (χ1n) is 7.07. The van der Waals surface area contributed by atoms with E-state index < -0.39 is 34.7 Å². The Morgan fingerprint density at radius 2 is 2.04 bits per heavy atom. The number of nitrogens with zero attached hydrogens (tertiary/aromatic N) is 4. The van der Waals surface area contributed by atoms with E-state index in [0.29, 0.717) is 23.1 Å². The van der Waals surface area contributed by atoms with Crippen molar-refractivity contribution in [2.45, 2.75) is 30.9 Å². The highest BCUT2D eigenvalue weighted by molar-refractivity contribution is 7.89. The maximum Gasteiger partial charge on any atom is 0.511 e. The summed E-state index contributed by atoms with van der Waals surface area (Å²) in [6.07, 6.45) is 2.22. The Morgan fingerprint density at radius 1 is 1.35 bits per heavy atom. The number of amides is 1. The summed E-state index contributed by atoms with van der Waals surface area (Å²) in [6, 6.07) is 0.720. The fourth-order valence-corrected chi connectivity index (χ4v) is 3.69. The molecule has 3 heterocycles. The average Bonchev–Trinajstić information content (AvgIpc) is 2.83. The molecule has 1 aromatic rings. The van der Waals surface area contributed by atoms with Crippen LogP contribution in [0.5, 0.6) is 0 Å². The smallest absolute Gasteiger partial charge is 0.342 e. The minimum atomic E-state index is -5.43. The van der Waals surface area contributed by atoms with E-state index in [2.05, 4.69) is 5.10 Å². The highest BCUT2D eigenvalue weighted by atomic mass is 32.2. The molecule has 1 aromatic heterocycles. The molecule has 0 unspecified atom stereocenters. The molecule has 0 aromatic carbocycles. The van der Waals surface area contributed by atoms with Crippen LogP contribution in [0.15, 0.2) is 12.3 Å². The van der Waals surface area contributed by atoms with Gasteiger partial charge < -0.3 is 4.90 Å². The molecule has 23 heavy (non-hydrogen) atoms. The van der Waals surface area contributed by atoms with Crippen molar-refractivity contribution in [3.63, 3.8) is 0 Å². The summed E-state index contributed by atoms with van der Waals surface area (Å²) in [5.74, 6) is -0.200. The number of halogens is 3. The second-order valence-electron chi connectivity index (χ2n) is 5.60. The quantitative estimate of drug-likeness (QED) is 0.803. The first-order valence-corrected chi connectivity index (χ1v) is 8.51. The summed E-state index contributed by atoms with van der Waals surface area (Å²) in [4.78, 5) is 13.7. The molecule has 0 N–H and O–H groups in total. The Balaban J connectivity index is 1.84. The summed E-state index contributed by atoms with van der Waals surface area (Å²) in [5, 5.41) is 4.02. The molecular formula is C12H15F3N4O3S. The van der Waals surface area contributed by atoms with E-state index >= 15 is 0 Å². The van der Waals surface area contributed by atoms with Crippen molar-refractivity contribution in [3.05, 3.63) is 18.0 Å². The zero-order valence-electron chi connectivity index (χ0n) is 12.0. The Morgan fingerprint density at radius 3 is 2.61 bits per heavy atom. The van der Waals surface area contributed by atoms with E-state index in [9.17, 15) is 26.4 Å². The van der Waals surface area contributed by atoms with Gasteiger partial charge in [0.15, 0.2) is 0 Å². The normalized spacial score (nSPS) is 22.6. The zero-order valence-corrected chi connectivity index (χ0v) is 12.8. The van der Waals surface area contributed by atoms with Gasteiger partial charge in [0.2, 0.25) is 5.91 Å². The van der Waals surface area contributed by atoms with Gasteiger partial charge in [-0.15, -0.1) is 0 Å². The third kappa shape index (κ3) is 2.82. The van der Waals surface area contributed by atoms with Crippen LogP contribution in [0.1, 0.15) is 24.6 Å². The van der Waals surface area contributed by atoms with Gasteiger partial charge in [0, 0.05) is 25.8 Å². The Hall–Kier alpha value is -1.62. The number of sulfonamides is 1. The van der Waals surface area contributed by atoms with Crippen LogP contribution in [0.25, 0.3) is 0 Å². The summed E-state index contributed by atoms with van der Waals surface area (Å²) in [6.45, 7) is 0.427. The largest absolute Gasteiger partial charge is 0.511 e. The van der Waals surface area contributed by atoms with Crippen LogP contribution in [-0.2, 0) is 21.4 Å². The molecule has 0 aliphatic carbocycles. The molecule has 1 atom stereocenters. The fraction of sp³-hybridized carbons (Fsp3) is 0.667. The molecule has 0 spiro atoms. The van der Waals surface area contributed by atoms with Crippen LogP contribution < -0.4 is 0 Å². The summed E-state index contributed by atoms with van der Waals surface area (Å²) >= 11 is 0. The van der Waals surface area contributed by atoms with Crippen LogP contribution in [0.4, 0.5) is 13.2 Å². The van der Waals surface area contributed by atoms with Gasteiger partial charge in [0.25, 0.3) is 0 Å². The molecule has 1 fully saturated rings. The third-order valence-corrected chi connectivity index (χ3v) is 5.65. The van der Waals surface area contributed by atoms with Crippen LogP contribution in [-0.4, -0.2) is 58.5 Å². The lowest BCUT2D eigenvalue weighted by molar-refractivity contribution is -0.135. The van der Waals surface area contributed by atoms with Crippen LogP contribution in [0, 0.1) is 0 Å². The van der Waals surface area contributed by atoms with Crippen molar-refractivity contribution < 1.29 is 26.4 Å². The van der Waals surface area contributed by atoms with E-state index in [4.69, 9.17) is 0 Å². The average molecular weight is 352 g/mol. The first-order chi connectivity index (χ1) is 10.7. The Bertz CT molecular complexity index is 711. The molecule has 1 amide bonds. The summed E-state index contributed by atoms with van der Waals surface area (Å²) < 4.78 is 63.4. The molecular weight excluding hydrogens is 337 g/mol. The predicted octanol–water partition coefficient (Wildman–Crippen LogP) is 0.712. The molecule has 2 aliphatic heterocycles. The van der Waals surface area contributed by atoms with Crippen LogP contribution >= 0.6 is 0 Å². The number of carbonyl (C=O) groups excluding carboxylic acids is 1. The van der Waals surface area contributed by atoms with E-state index in [-0.39, 0.29) is 12.3 Å². The topological polar surface area (TPSA) is 75.5 Å². The van der Waals surface area contributed by atoms with E-state index in [1.54, 1.807) is 4.90 Å². The number of rotatable bonds is 3. The number of aromatic nitrogens is 2. The fourth-order valence-electron chi connectivity index (χ4n) is 2.73. The maximum absolute atomic E-state index is 12.8. The minimum Gasteiger partial charge on any atom is -0.342 e. The lowest BCUT2D eigenvalue weighted by Gasteiger charge is -2.36. The van der Waals surface area contributed by atoms with Gasteiger partial charge in [-0.2, -0.15) is 22.6 Å². The van der Waals surface area contributed by atoms with E-state index in [1.807, 2.05) is 0 Å². The van der Waals surface area contributed by atoms with Crippen molar-refractivity contribution >= 4 is 15.9 Å². The molecule has 11 heteroatoms. The monoisotopic (exact) mass is 352 g/mol. The number of hydrogen-bond donors (Lipinski definition) is 0. The van der Waals surface area contributed by atoms with Crippen molar-refractivity contribution in [1.29, 1.82) is 0 Å². The standard InChI is InChI=1S/C12H15F3N4O3S/c13-12(14,15)23(21,22)18-7-9-2-3-16-19(9)10(8-18)6-11(20)17-4-1-5-17/h2-3,10H,1,4-8H2/t10-/m1/s1. The maximum atomic E-state index is 12.8. The van der Waals surface area contributed by atoms with Gasteiger partial charge in [-0.1, -0.05) is 0 Å². The van der Waals surface area contributed by atoms with Gasteiger partial charge in [-0.25, -0.2) is 8.42 Å². The molecule has 2 aliphatic rings. The molecule has 0 saturated carbocycles. The van der Waals surface area contributed by atoms with Gasteiger partial charge in [-0.05, 0) is 12.5 Å². The van der Waals surface area contributed by atoms with Crippen molar-refractivity contribution in [2.75, 3.05) is 19.6 Å². The highest BCUT2D eigenvalue weighted by Gasteiger charge is 2.51. The number of alkyl halides is 3. The van der Waals surface area contributed by atoms with E-state index in [0.717, 1.165) is 6.42 Å². The highest BCUT2D eigenvalue weighted by Crippen LogP contribution is 2.33. The summed E-state index contributed by atoms with van der Waals surface area (Å²) in [5.41, 5.74) is -5.02. The van der Waals surface area contributed by atoms with Crippen molar-refractivity contribution in [3.8, 4) is 0 Å². The predicted molar refractivity (Wildman–Crippen MR) is 72.5 cm³/mol. The number of fused-ring (bicyclic) bond motifs is 1. The van der Waals surface area contributed by atoms with Crippen molar-refractivity contribution in [2.24, 2.45) is 0 Å². The Labute approximate surface area is 130 Å². The van der Waals surface area contributed by atoms with Gasteiger partial charge in [0.1, 0.15) is 0 Å². The SMILES string of the molecule is O=C(C[C@@H]1CN(S(=O)(=O)C(F)(F)F)Cc2ccnn21)N1CCC1.